The first-order valence-electron chi connectivity index (χ1n) is 6.33. The molecule has 0 aromatic rings. The summed E-state index contributed by atoms with van der Waals surface area (Å²) in [7, 11) is 0. The van der Waals surface area contributed by atoms with E-state index >= 15 is 0 Å². The predicted molar refractivity (Wildman–Crippen MR) is 66.8 cm³/mol. The Morgan fingerprint density at radius 1 is 1.13 bits per heavy atom. The minimum absolute atomic E-state index is 0.325. The fraction of sp³-hybridized carbons (Fsp3) is 0.733. The molecule has 0 N–H and O–H groups in total. The summed E-state index contributed by atoms with van der Waals surface area (Å²) in [5, 5.41) is 0. The molecule has 2 rings (SSSR count). The van der Waals surface area contributed by atoms with Crippen molar-refractivity contribution in [3.05, 3.63) is 23.3 Å². The molecule has 0 saturated carbocycles. The highest BCUT2D eigenvalue weighted by molar-refractivity contribution is 5.31. The molecule has 0 heterocycles. The van der Waals surface area contributed by atoms with Gasteiger partial charge in [0.1, 0.15) is 0 Å². The van der Waals surface area contributed by atoms with Gasteiger partial charge in [-0.2, -0.15) is 0 Å². The molecular formula is C15H24. The Morgan fingerprint density at radius 2 is 1.87 bits per heavy atom. The van der Waals surface area contributed by atoms with Gasteiger partial charge in [0.05, 0.1) is 0 Å². The molecule has 0 aliphatic heterocycles. The third kappa shape index (κ3) is 1.68. The average molecular weight is 204 g/mol. The molecule has 84 valence electrons. The highest BCUT2D eigenvalue weighted by Crippen LogP contribution is 2.54. The SMILES string of the molecule is CC1=CC2(C)C(=CCCC2(C)C)CCC1. The van der Waals surface area contributed by atoms with Crippen molar-refractivity contribution in [2.45, 2.75) is 59.8 Å². The summed E-state index contributed by atoms with van der Waals surface area (Å²) in [5.41, 5.74) is 4.06. The molecule has 0 bridgehead atoms. The maximum Gasteiger partial charge on any atom is 0.0116 e. The van der Waals surface area contributed by atoms with Crippen molar-refractivity contribution in [2.24, 2.45) is 10.8 Å². The summed E-state index contributed by atoms with van der Waals surface area (Å²) >= 11 is 0. The van der Waals surface area contributed by atoms with E-state index in [-0.39, 0.29) is 0 Å². The first kappa shape index (κ1) is 11.0. The van der Waals surface area contributed by atoms with Gasteiger partial charge in [-0.1, -0.05) is 44.1 Å². The van der Waals surface area contributed by atoms with Gasteiger partial charge in [0.2, 0.25) is 0 Å². The predicted octanol–water partition coefficient (Wildman–Crippen LogP) is 4.87. The summed E-state index contributed by atoms with van der Waals surface area (Å²) < 4.78 is 0. The molecule has 1 unspecified atom stereocenters. The Morgan fingerprint density at radius 3 is 2.60 bits per heavy atom. The molecule has 0 aromatic carbocycles. The molecule has 15 heavy (non-hydrogen) atoms. The molecule has 0 nitrogen and oxygen atoms in total. The van der Waals surface area contributed by atoms with E-state index < -0.39 is 0 Å². The molecule has 0 saturated heterocycles. The number of hydrogen-bond donors (Lipinski definition) is 0. The highest BCUT2D eigenvalue weighted by Gasteiger charge is 2.43. The van der Waals surface area contributed by atoms with E-state index in [0.717, 1.165) is 0 Å². The van der Waals surface area contributed by atoms with Crippen molar-refractivity contribution in [1.82, 2.24) is 0 Å². The molecule has 0 fully saturated rings. The first-order chi connectivity index (χ1) is 6.96. The smallest absolute Gasteiger partial charge is 0.0116 e. The minimum atomic E-state index is 0.325. The molecular weight excluding hydrogens is 180 g/mol. The topological polar surface area (TPSA) is 0 Å². The second-order valence-electron chi connectivity index (χ2n) is 6.20. The van der Waals surface area contributed by atoms with E-state index in [1.807, 2.05) is 0 Å². The largest absolute Gasteiger partial charge is 0.0844 e. The van der Waals surface area contributed by atoms with Crippen LogP contribution in [0, 0.1) is 10.8 Å². The Labute approximate surface area is 94.5 Å². The van der Waals surface area contributed by atoms with Crippen LogP contribution in [-0.2, 0) is 0 Å². The zero-order chi connectivity index (χ0) is 11.1. The standard InChI is InChI=1S/C15H24/c1-12-7-5-8-13-9-6-10-14(2,3)15(13,4)11-12/h9,11H,5-8,10H2,1-4H3. The van der Waals surface area contributed by atoms with E-state index in [4.69, 9.17) is 0 Å². The number of hydrogen-bond acceptors (Lipinski definition) is 0. The third-order valence-corrected chi connectivity index (χ3v) is 4.79. The van der Waals surface area contributed by atoms with Gasteiger partial charge in [-0.05, 0) is 44.4 Å². The number of fused-ring (bicyclic) bond motifs is 1. The molecule has 0 aromatic heterocycles. The van der Waals surface area contributed by atoms with Gasteiger partial charge in [-0.15, -0.1) is 0 Å². The third-order valence-electron chi connectivity index (χ3n) is 4.79. The van der Waals surface area contributed by atoms with Crippen molar-refractivity contribution in [2.75, 3.05) is 0 Å². The Hall–Kier alpha value is -0.520. The summed E-state index contributed by atoms with van der Waals surface area (Å²) in [6.07, 6.45) is 11.6. The number of rotatable bonds is 0. The summed E-state index contributed by atoms with van der Waals surface area (Å²) in [4.78, 5) is 0. The lowest BCUT2D eigenvalue weighted by molar-refractivity contribution is 0.153. The second kappa shape index (κ2) is 3.50. The van der Waals surface area contributed by atoms with E-state index in [9.17, 15) is 0 Å². The van der Waals surface area contributed by atoms with Crippen LogP contribution in [0.5, 0.6) is 0 Å². The molecule has 0 spiro atoms. The lowest BCUT2D eigenvalue weighted by Gasteiger charge is -2.47. The molecule has 2 aliphatic rings. The lowest BCUT2D eigenvalue weighted by Crippen LogP contribution is -2.37. The maximum atomic E-state index is 2.56. The van der Waals surface area contributed by atoms with Gasteiger partial charge in [0, 0.05) is 5.41 Å². The van der Waals surface area contributed by atoms with Gasteiger partial charge in [-0.25, -0.2) is 0 Å². The van der Waals surface area contributed by atoms with Crippen molar-refractivity contribution in [3.8, 4) is 0 Å². The average Bonchev–Trinajstić information content (AvgIpc) is 2.26. The van der Waals surface area contributed by atoms with Crippen LogP contribution in [0.25, 0.3) is 0 Å². The highest BCUT2D eigenvalue weighted by atomic mass is 14.5. The summed E-state index contributed by atoms with van der Waals surface area (Å²) in [5.74, 6) is 0. The fourth-order valence-corrected chi connectivity index (χ4v) is 3.29. The van der Waals surface area contributed by atoms with E-state index in [1.54, 1.807) is 11.1 Å². The first-order valence-corrected chi connectivity index (χ1v) is 6.33. The molecule has 2 aliphatic carbocycles. The number of allylic oxidation sites excluding steroid dienone is 4. The van der Waals surface area contributed by atoms with Crippen LogP contribution < -0.4 is 0 Å². The van der Waals surface area contributed by atoms with Crippen LogP contribution >= 0.6 is 0 Å². The van der Waals surface area contributed by atoms with E-state index in [0.29, 0.717) is 10.8 Å². The summed E-state index contributed by atoms with van der Waals surface area (Å²) in [6.45, 7) is 9.63. The lowest BCUT2D eigenvalue weighted by atomic mass is 9.57. The van der Waals surface area contributed by atoms with Crippen LogP contribution in [0.2, 0.25) is 0 Å². The monoisotopic (exact) mass is 204 g/mol. The van der Waals surface area contributed by atoms with Gasteiger partial charge in [-0.3, -0.25) is 0 Å². The fourth-order valence-electron chi connectivity index (χ4n) is 3.29. The molecule has 1 atom stereocenters. The van der Waals surface area contributed by atoms with Crippen molar-refractivity contribution < 1.29 is 0 Å². The Balaban J connectivity index is 2.49. The van der Waals surface area contributed by atoms with Crippen LogP contribution in [0.15, 0.2) is 23.3 Å². The van der Waals surface area contributed by atoms with Crippen LogP contribution in [0.1, 0.15) is 59.8 Å². The minimum Gasteiger partial charge on any atom is -0.0844 e. The van der Waals surface area contributed by atoms with Crippen LogP contribution in [-0.4, -0.2) is 0 Å². The molecule has 0 amide bonds. The van der Waals surface area contributed by atoms with Gasteiger partial charge < -0.3 is 0 Å². The van der Waals surface area contributed by atoms with Gasteiger partial charge in [0.25, 0.3) is 0 Å². The summed E-state index contributed by atoms with van der Waals surface area (Å²) in [6, 6.07) is 0. The quantitative estimate of drug-likeness (QED) is 0.494. The van der Waals surface area contributed by atoms with Crippen LogP contribution in [0.4, 0.5) is 0 Å². The molecule has 0 radical (unpaired) electrons. The van der Waals surface area contributed by atoms with Gasteiger partial charge in [0.15, 0.2) is 0 Å². The van der Waals surface area contributed by atoms with Gasteiger partial charge >= 0.3 is 0 Å². The van der Waals surface area contributed by atoms with E-state index in [1.165, 1.54) is 32.1 Å². The zero-order valence-corrected chi connectivity index (χ0v) is 10.7. The van der Waals surface area contributed by atoms with Crippen molar-refractivity contribution in [1.29, 1.82) is 0 Å². The normalized spacial score (nSPS) is 34.9. The Kier molecular flexibility index (Phi) is 2.56. The molecule has 0 heteroatoms. The van der Waals surface area contributed by atoms with E-state index in [2.05, 4.69) is 39.8 Å². The second-order valence-corrected chi connectivity index (χ2v) is 6.20. The van der Waals surface area contributed by atoms with Crippen molar-refractivity contribution in [3.63, 3.8) is 0 Å². The maximum absolute atomic E-state index is 2.56. The Bertz CT molecular complexity index is 317. The zero-order valence-electron chi connectivity index (χ0n) is 10.7. The van der Waals surface area contributed by atoms with Crippen molar-refractivity contribution >= 4 is 0 Å². The van der Waals surface area contributed by atoms with Crippen LogP contribution in [0.3, 0.4) is 0 Å².